The molecule has 0 saturated carbocycles. The fourth-order valence-electron chi connectivity index (χ4n) is 7.92. The SMILES string of the molecule is CCC(=C(c1ccc(O)cc1)c1ccc(OCCNC(=O)CCCC(=O)N[C@H](C(=O)N2C[C@H](O)C[C@H]2C(=O)NCc2ccc(-c3scnc3C)cc2)C(C)(C)C)cc1)c1ccc(O)cc1. The molecule has 2 heterocycles. The zero-order valence-corrected chi connectivity index (χ0v) is 38.4. The Hall–Kier alpha value is -6.51. The Labute approximate surface area is 384 Å². The van der Waals surface area contributed by atoms with Crippen molar-refractivity contribution in [3.8, 4) is 27.7 Å². The summed E-state index contributed by atoms with van der Waals surface area (Å²) in [5, 5.41) is 39.0. The summed E-state index contributed by atoms with van der Waals surface area (Å²) >= 11 is 1.57. The molecule has 14 heteroatoms. The quantitative estimate of drug-likeness (QED) is 0.0385. The van der Waals surface area contributed by atoms with Gasteiger partial charge >= 0.3 is 0 Å². The van der Waals surface area contributed by atoms with Crippen LogP contribution in [0.2, 0.25) is 0 Å². The van der Waals surface area contributed by atoms with Crippen LogP contribution in [0.15, 0.2) is 103 Å². The van der Waals surface area contributed by atoms with Crippen LogP contribution in [-0.4, -0.2) is 86.7 Å². The standard InChI is InChI=1S/C51H59N5O8S/c1-6-42(34-14-20-38(57)21-15-34)46(35-16-22-39(58)23-17-35)36-18-24-41(25-19-36)64-27-26-52-44(60)8-7-9-45(61)55-48(51(3,4)5)50(63)56-30-40(59)28-43(56)49(62)53-29-33-10-12-37(13-11-33)47-32(2)54-31-65-47/h10-25,31,40,43,48,57-59H,6-9,26-30H2,1-5H3,(H,52,60)(H,53,62)(H,55,61)/t40-,43+,48-/m1/s1. The number of phenolic OH excluding ortho intramolecular Hbond substituents is 2. The number of phenols is 2. The third-order valence-electron chi connectivity index (χ3n) is 11.4. The van der Waals surface area contributed by atoms with Crippen LogP contribution in [-0.2, 0) is 25.7 Å². The second-order valence-electron chi connectivity index (χ2n) is 17.3. The van der Waals surface area contributed by atoms with Crippen LogP contribution in [0.3, 0.4) is 0 Å². The molecule has 0 unspecified atom stereocenters. The van der Waals surface area contributed by atoms with E-state index < -0.39 is 35.4 Å². The number of aryl methyl sites for hydroxylation is 1. The molecule has 0 bridgehead atoms. The first-order valence-electron chi connectivity index (χ1n) is 22.0. The van der Waals surface area contributed by atoms with Crippen LogP contribution < -0.4 is 20.7 Å². The lowest BCUT2D eigenvalue weighted by atomic mass is 9.85. The van der Waals surface area contributed by atoms with Crippen LogP contribution >= 0.6 is 11.3 Å². The van der Waals surface area contributed by atoms with Gasteiger partial charge in [0.1, 0.15) is 35.9 Å². The topological polar surface area (TPSA) is 190 Å². The van der Waals surface area contributed by atoms with Gasteiger partial charge in [0.05, 0.1) is 28.7 Å². The summed E-state index contributed by atoms with van der Waals surface area (Å²) in [6, 6.07) is 27.8. The average molecular weight is 902 g/mol. The zero-order chi connectivity index (χ0) is 46.7. The molecular formula is C51H59N5O8S. The Morgan fingerprint density at radius 3 is 2.02 bits per heavy atom. The maximum absolute atomic E-state index is 14.0. The number of aliphatic hydroxyl groups excluding tert-OH is 1. The maximum Gasteiger partial charge on any atom is 0.246 e. The van der Waals surface area contributed by atoms with Crippen molar-refractivity contribution < 1.29 is 39.2 Å². The van der Waals surface area contributed by atoms with Crippen molar-refractivity contribution >= 4 is 46.1 Å². The number of aliphatic hydroxyl groups is 1. The van der Waals surface area contributed by atoms with E-state index in [4.69, 9.17) is 4.74 Å². The Morgan fingerprint density at radius 1 is 0.831 bits per heavy atom. The van der Waals surface area contributed by atoms with Crippen LogP contribution in [0.4, 0.5) is 0 Å². The molecule has 342 valence electrons. The number of amides is 4. The van der Waals surface area contributed by atoms with Crippen molar-refractivity contribution in [1.82, 2.24) is 25.8 Å². The number of aromatic hydroxyl groups is 2. The largest absolute Gasteiger partial charge is 0.508 e. The molecule has 1 aromatic heterocycles. The van der Waals surface area contributed by atoms with Gasteiger partial charge in [0, 0.05) is 32.4 Å². The molecule has 4 amide bonds. The van der Waals surface area contributed by atoms with Crippen molar-refractivity contribution in [2.45, 2.75) is 91.5 Å². The number of rotatable bonds is 18. The number of carbonyl (C=O) groups excluding carboxylic acids is 4. The summed E-state index contributed by atoms with van der Waals surface area (Å²) in [5.74, 6) is -0.488. The van der Waals surface area contributed by atoms with Gasteiger partial charge < -0.3 is 40.9 Å². The van der Waals surface area contributed by atoms with Gasteiger partial charge in [-0.05, 0) is 101 Å². The molecule has 4 aromatic carbocycles. The first kappa shape index (κ1) is 48.0. The molecule has 1 aliphatic heterocycles. The fourth-order valence-corrected chi connectivity index (χ4v) is 8.73. The maximum atomic E-state index is 14.0. The first-order valence-corrected chi connectivity index (χ1v) is 22.9. The van der Waals surface area contributed by atoms with E-state index >= 15 is 0 Å². The van der Waals surface area contributed by atoms with E-state index in [1.54, 1.807) is 41.1 Å². The van der Waals surface area contributed by atoms with E-state index in [1.807, 2.05) is 100 Å². The second-order valence-corrected chi connectivity index (χ2v) is 18.2. The third-order valence-corrected chi connectivity index (χ3v) is 12.4. The summed E-state index contributed by atoms with van der Waals surface area (Å²) in [5.41, 5.74) is 8.89. The lowest BCUT2D eigenvalue weighted by molar-refractivity contribution is -0.144. The molecule has 0 radical (unpaired) electrons. The molecule has 1 fully saturated rings. The van der Waals surface area contributed by atoms with Gasteiger partial charge in [-0.15, -0.1) is 11.3 Å². The lowest BCUT2D eigenvalue weighted by Crippen LogP contribution is -2.57. The first-order chi connectivity index (χ1) is 31.1. The number of nitrogens with one attached hydrogen (secondary N) is 3. The minimum Gasteiger partial charge on any atom is -0.508 e. The molecular weight excluding hydrogens is 843 g/mol. The van der Waals surface area contributed by atoms with Gasteiger partial charge in [-0.1, -0.05) is 88.4 Å². The number of nitrogens with zero attached hydrogens (tertiary/aromatic N) is 2. The summed E-state index contributed by atoms with van der Waals surface area (Å²) in [6.45, 7) is 10.2. The van der Waals surface area contributed by atoms with E-state index in [9.17, 15) is 34.5 Å². The van der Waals surface area contributed by atoms with Gasteiger partial charge in [-0.25, -0.2) is 4.98 Å². The van der Waals surface area contributed by atoms with Gasteiger partial charge in [-0.2, -0.15) is 0 Å². The highest BCUT2D eigenvalue weighted by atomic mass is 32.1. The highest BCUT2D eigenvalue weighted by Crippen LogP contribution is 2.36. The summed E-state index contributed by atoms with van der Waals surface area (Å²) in [6.07, 6.45) is 0.281. The average Bonchev–Trinajstić information content (AvgIpc) is 3.91. The van der Waals surface area contributed by atoms with Crippen molar-refractivity contribution in [3.05, 3.63) is 131 Å². The fraction of sp³-hybridized carbons (Fsp3) is 0.353. The van der Waals surface area contributed by atoms with Crippen molar-refractivity contribution in [2.75, 3.05) is 19.7 Å². The Kier molecular flexibility index (Phi) is 16.2. The zero-order valence-electron chi connectivity index (χ0n) is 37.6. The van der Waals surface area contributed by atoms with Crippen LogP contribution in [0.1, 0.15) is 87.7 Å². The van der Waals surface area contributed by atoms with E-state index in [1.165, 1.54) is 4.90 Å². The van der Waals surface area contributed by atoms with Gasteiger partial charge in [0.2, 0.25) is 23.6 Å². The molecule has 6 rings (SSSR count). The summed E-state index contributed by atoms with van der Waals surface area (Å²) < 4.78 is 5.93. The monoisotopic (exact) mass is 901 g/mol. The predicted molar refractivity (Wildman–Crippen MR) is 253 cm³/mol. The second kappa shape index (κ2) is 21.9. The molecule has 3 atom stereocenters. The number of β-amino-alcohol motifs (C(OH)–C–C–N with tert-alkyl or cyclic N) is 1. The molecule has 5 aromatic rings. The number of aromatic nitrogens is 1. The van der Waals surface area contributed by atoms with Crippen molar-refractivity contribution in [1.29, 1.82) is 0 Å². The van der Waals surface area contributed by atoms with Gasteiger partial charge in [-0.3, -0.25) is 19.2 Å². The number of benzene rings is 4. The van der Waals surface area contributed by atoms with Crippen LogP contribution in [0.5, 0.6) is 17.2 Å². The Morgan fingerprint density at radius 2 is 1.43 bits per heavy atom. The molecule has 13 nitrogen and oxygen atoms in total. The number of likely N-dealkylation sites (tertiary alicyclic amines) is 1. The normalized spacial score (nSPS) is 15.8. The van der Waals surface area contributed by atoms with Crippen LogP contribution in [0, 0.1) is 12.3 Å². The number of hydrogen-bond donors (Lipinski definition) is 6. The van der Waals surface area contributed by atoms with E-state index in [-0.39, 0.29) is 75.2 Å². The Balaban J connectivity index is 0.954. The van der Waals surface area contributed by atoms with E-state index in [0.717, 1.165) is 56.0 Å². The molecule has 6 N–H and O–H groups in total. The summed E-state index contributed by atoms with van der Waals surface area (Å²) in [4.78, 5) is 60.1. The Bertz CT molecular complexity index is 2440. The molecule has 0 aliphatic carbocycles. The number of ether oxygens (including phenoxy) is 1. The van der Waals surface area contributed by atoms with Crippen molar-refractivity contribution in [3.63, 3.8) is 0 Å². The van der Waals surface area contributed by atoms with Gasteiger partial charge in [0.15, 0.2) is 0 Å². The van der Waals surface area contributed by atoms with Crippen molar-refractivity contribution in [2.24, 2.45) is 5.41 Å². The smallest absolute Gasteiger partial charge is 0.246 e. The lowest BCUT2D eigenvalue weighted by Gasteiger charge is -2.35. The van der Waals surface area contributed by atoms with E-state index in [0.29, 0.717) is 5.75 Å². The minimum absolute atomic E-state index is 0.0110. The van der Waals surface area contributed by atoms with Gasteiger partial charge in [0.25, 0.3) is 0 Å². The number of carbonyl (C=O) groups is 4. The summed E-state index contributed by atoms with van der Waals surface area (Å²) in [7, 11) is 0. The molecule has 1 saturated heterocycles. The molecule has 1 aliphatic rings. The minimum atomic E-state index is -0.971. The molecule has 65 heavy (non-hydrogen) atoms. The highest BCUT2D eigenvalue weighted by molar-refractivity contribution is 7.13. The predicted octanol–water partition coefficient (Wildman–Crippen LogP) is 7.37. The highest BCUT2D eigenvalue weighted by Gasteiger charge is 2.44. The number of hydrogen-bond acceptors (Lipinski definition) is 10. The third kappa shape index (κ3) is 12.8. The van der Waals surface area contributed by atoms with Crippen LogP contribution in [0.25, 0.3) is 21.6 Å². The number of thiazole rings is 1. The molecule has 0 spiro atoms. The number of allylic oxidation sites excluding steroid dienone is 1. The van der Waals surface area contributed by atoms with E-state index in [2.05, 4.69) is 27.9 Å².